The van der Waals surface area contributed by atoms with E-state index in [1.54, 1.807) is 8.99 Å². The summed E-state index contributed by atoms with van der Waals surface area (Å²) in [4.78, 5) is 2.32. The Morgan fingerprint density at radius 2 is 2.27 bits per heavy atom. The predicted octanol–water partition coefficient (Wildman–Crippen LogP) is -0.203. The minimum Gasteiger partial charge on any atom is -0.366 e. The SMILES string of the molecule is CCN1C[C@@]23CN(Cc4cnn(C)c4)C[C@@H](C[C@@H]2S1(=O)=O)O3. The molecule has 4 rings (SSSR count). The van der Waals surface area contributed by atoms with Crippen LogP contribution >= 0.6 is 0 Å². The van der Waals surface area contributed by atoms with Gasteiger partial charge in [-0.2, -0.15) is 9.40 Å². The fourth-order valence-corrected chi connectivity index (χ4v) is 6.59. The third-order valence-corrected chi connectivity index (χ3v) is 7.55. The number of rotatable bonds is 3. The molecule has 1 aromatic heterocycles. The van der Waals surface area contributed by atoms with Crippen molar-refractivity contribution in [2.24, 2.45) is 7.05 Å². The van der Waals surface area contributed by atoms with E-state index in [2.05, 4.69) is 10.00 Å². The molecule has 0 unspecified atom stereocenters. The van der Waals surface area contributed by atoms with Crippen LogP contribution in [0, 0.1) is 0 Å². The Morgan fingerprint density at radius 3 is 2.95 bits per heavy atom. The maximum atomic E-state index is 12.6. The number of morpholine rings is 1. The third-order valence-electron chi connectivity index (χ3n) is 5.10. The van der Waals surface area contributed by atoms with Gasteiger partial charge in [0.05, 0.1) is 12.3 Å². The van der Waals surface area contributed by atoms with Crippen LogP contribution in [-0.2, 0) is 28.4 Å². The van der Waals surface area contributed by atoms with Gasteiger partial charge >= 0.3 is 0 Å². The quantitative estimate of drug-likeness (QED) is 0.769. The molecule has 122 valence electrons. The van der Waals surface area contributed by atoms with Crippen molar-refractivity contribution in [1.29, 1.82) is 0 Å². The minimum atomic E-state index is -3.21. The van der Waals surface area contributed by atoms with E-state index in [1.807, 2.05) is 26.4 Å². The minimum absolute atomic E-state index is 0.0317. The standard InChI is InChI=1S/C14H22N4O3S/c1-3-18-10-14-9-17(7-11-5-15-16(2)6-11)8-12(21-14)4-13(14)22(18,19)20/h5-6,12-13H,3-4,7-10H2,1-2H3/t12-,13+,14+/m1/s1. The van der Waals surface area contributed by atoms with Gasteiger partial charge in [0.25, 0.3) is 0 Å². The summed E-state index contributed by atoms with van der Waals surface area (Å²) in [5.74, 6) is 0. The summed E-state index contributed by atoms with van der Waals surface area (Å²) in [6, 6.07) is 0. The smallest absolute Gasteiger partial charge is 0.220 e. The molecule has 4 heterocycles. The lowest BCUT2D eigenvalue weighted by atomic mass is 9.99. The second kappa shape index (κ2) is 4.77. The summed E-state index contributed by atoms with van der Waals surface area (Å²) in [6.45, 7) is 5.19. The third kappa shape index (κ3) is 2.05. The lowest BCUT2D eigenvalue weighted by molar-refractivity contribution is -0.109. The molecule has 8 heteroatoms. The summed E-state index contributed by atoms with van der Waals surface area (Å²) in [7, 11) is -1.30. The van der Waals surface area contributed by atoms with Crippen LogP contribution in [0.3, 0.4) is 0 Å². The van der Waals surface area contributed by atoms with Crippen molar-refractivity contribution >= 4 is 10.0 Å². The molecule has 3 aliphatic rings. The lowest BCUT2D eigenvalue weighted by Gasteiger charge is -2.39. The Balaban J connectivity index is 1.58. The first-order valence-electron chi connectivity index (χ1n) is 7.79. The number of sulfonamides is 1. The van der Waals surface area contributed by atoms with E-state index in [-0.39, 0.29) is 11.4 Å². The zero-order valence-corrected chi connectivity index (χ0v) is 13.8. The Labute approximate surface area is 130 Å². The van der Waals surface area contributed by atoms with E-state index >= 15 is 0 Å². The lowest BCUT2D eigenvalue weighted by Crippen LogP contribution is -2.54. The first kappa shape index (κ1) is 14.6. The molecule has 3 atom stereocenters. The number of aromatic nitrogens is 2. The molecule has 3 fully saturated rings. The van der Waals surface area contributed by atoms with Crippen LogP contribution < -0.4 is 0 Å². The molecule has 0 radical (unpaired) electrons. The van der Waals surface area contributed by atoms with Crippen molar-refractivity contribution in [2.75, 3.05) is 26.2 Å². The maximum absolute atomic E-state index is 12.6. The van der Waals surface area contributed by atoms with Crippen LogP contribution in [0.5, 0.6) is 0 Å². The molecule has 0 aliphatic carbocycles. The molecular weight excluding hydrogens is 304 g/mol. The van der Waals surface area contributed by atoms with Crippen molar-refractivity contribution in [1.82, 2.24) is 19.0 Å². The Kier molecular flexibility index (Phi) is 3.17. The van der Waals surface area contributed by atoms with Crippen molar-refractivity contribution in [3.63, 3.8) is 0 Å². The van der Waals surface area contributed by atoms with Gasteiger partial charge in [0, 0.05) is 51.5 Å². The van der Waals surface area contributed by atoms with Crippen molar-refractivity contribution in [3.8, 4) is 0 Å². The van der Waals surface area contributed by atoms with Crippen LogP contribution in [0.4, 0.5) is 0 Å². The highest BCUT2D eigenvalue weighted by molar-refractivity contribution is 7.90. The summed E-state index contributed by atoms with van der Waals surface area (Å²) < 4.78 is 34.8. The van der Waals surface area contributed by atoms with Crippen molar-refractivity contribution in [3.05, 3.63) is 18.0 Å². The highest BCUT2D eigenvalue weighted by Crippen LogP contribution is 2.46. The topological polar surface area (TPSA) is 67.7 Å². The summed E-state index contributed by atoms with van der Waals surface area (Å²) in [6.07, 6.45) is 4.54. The van der Waals surface area contributed by atoms with Gasteiger partial charge in [0.2, 0.25) is 10.0 Å². The van der Waals surface area contributed by atoms with E-state index in [1.165, 1.54) is 0 Å². The first-order chi connectivity index (χ1) is 10.4. The second-order valence-electron chi connectivity index (χ2n) is 6.69. The van der Waals surface area contributed by atoms with Crippen LogP contribution in [0.15, 0.2) is 12.4 Å². The second-order valence-corrected chi connectivity index (χ2v) is 8.81. The van der Waals surface area contributed by atoms with Crippen molar-refractivity contribution in [2.45, 2.75) is 36.8 Å². The molecule has 0 saturated carbocycles. The van der Waals surface area contributed by atoms with Gasteiger partial charge in [0.15, 0.2) is 0 Å². The number of hydrogen-bond acceptors (Lipinski definition) is 5. The van der Waals surface area contributed by atoms with Gasteiger partial charge < -0.3 is 4.74 Å². The van der Waals surface area contributed by atoms with Gasteiger partial charge in [-0.3, -0.25) is 9.58 Å². The molecule has 0 aromatic carbocycles. The number of likely N-dealkylation sites (N-methyl/N-ethyl adjacent to an activating group) is 1. The largest absolute Gasteiger partial charge is 0.366 e. The first-order valence-corrected chi connectivity index (χ1v) is 9.30. The number of hydrogen-bond donors (Lipinski definition) is 0. The van der Waals surface area contributed by atoms with Gasteiger partial charge in [-0.1, -0.05) is 6.92 Å². The van der Waals surface area contributed by atoms with Crippen LogP contribution in [0.25, 0.3) is 0 Å². The van der Waals surface area contributed by atoms with Crippen LogP contribution in [0.2, 0.25) is 0 Å². The number of ether oxygens (including phenoxy) is 1. The van der Waals surface area contributed by atoms with Crippen molar-refractivity contribution < 1.29 is 13.2 Å². The van der Waals surface area contributed by atoms with Gasteiger partial charge in [-0.05, 0) is 6.42 Å². The average molecular weight is 326 g/mol. The predicted molar refractivity (Wildman–Crippen MR) is 80.7 cm³/mol. The monoisotopic (exact) mass is 326 g/mol. The van der Waals surface area contributed by atoms with E-state index in [9.17, 15) is 8.42 Å². The molecule has 2 bridgehead atoms. The van der Waals surface area contributed by atoms with Gasteiger partial charge in [-0.15, -0.1) is 0 Å². The summed E-state index contributed by atoms with van der Waals surface area (Å²) >= 11 is 0. The number of nitrogens with zero attached hydrogens (tertiary/aromatic N) is 4. The number of fused-ring (bicyclic) bond motifs is 1. The molecule has 1 spiro atoms. The van der Waals surface area contributed by atoms with Gasteiger partial charge in [-0.25, -0.2) is 8.42 Å². The number of likely N-dealkylation sites (tertiary alicyclic amines) is 1. The zero-order chi connectivity index (χ0) is 15.5. The molecular formula is C14H22N4O3S. The van der Waals surface area contributed by atoms with E-state index in [0.29, 0.717) is 26.1 Å². The molecule has 7 nitrogen and oxygen atoms in total. The fourth-order valence-electron chi connectivity index (χ4n) is 4.27. The highest BCUT2D eigenvalue weighted by Gasteiger charge is 2.64. The Bertz CT molecular complexity index is 688. The van der Waals surface area contributed by atoms with Crippen LogP contribution in [-0.4, -0.2) is 70.5 Å². The normalized spacial score (nSPS) is 37.5. The Hall–Kier alpha value is -0.960. The average Bonchev–Trinajstić information content (AvgIpc) is 3.02. The molecule has 3 aliphatic heterocycles. The molecule has 1 aromatic rings. The summed E-state index contributed by atoms with van der Waals surface area (Å²) in [5.41, 5.74) is 0.616. The maximum Gasteiger partial charge on any atom is 0.220 e. The van der Waals surface area contributed by atoms with E-state index in [0.717, 1.165) is 18.7 Å². The number of aryl methyl sites for hydroxylation is 1. The van der Waals surface area contributed by atoms with E-state index < -0.39 is 15.6 Å². The Morgan fingerprint density at radius 1 is 1.45 bits per heavy atom. The molecule has 0 N–H and O–H groups in total. The molecule has 3 saturated heterocycles. The fraction of sp³-hybridized carbons (Fsp3) is 0.786. The molecule has 0 amide bonds. The molecule has 22 heavy (non-hydrogen) atoms. The van der Waals surface area contributed by atoms with E-state index in [4.69, 9.17) is 4.74 Å². The van der Waals surface area contributed by atoms with Gasteiger partial charge in [0.1, 0.15) is 10.9 Å². The van der Waals surface area contributed by atoms with Crippen LogP contribution in [0.1, 0.15) is 18.9 Å². The highest BCUT2D eigenvalue weighted by atomic mass is 32.2. The summed E-state index contributed by atoms with van der Waals surface area (Å²) in [5, 5.41) is 3.83. The zero-order valence-electron chi connectivity index (χ0n) is 13.0.